The van der Waals surface area contributed by atoms with Gasteiger partial charge in [0.2, 0.25) is 0 Å². The van der Waals surface area contributed by atoms with Crippen LogP contribution in [-0.2, 0) is 0 Å². The summed E-state index contributed by atoms with van der Waals surface area (Å²) >= 11 is 0. The minimum Gasteiger partial charge on any atom is -0.426 e. The van der Waals surface area contributed by atoms with Gasteiger partial charge in [0.05, 0.1) is 0 Å². The Morgan fingerprint density at radius 3 is 1.78 bits per heavy atom. The fourth-order valence-corrected chi connectivity index (χ4v) is 8.17. The van der Waals surface area contributed by atoms with E-state index in [1.54, 1.807) is 6.07 Å². The molecule has 0 saturated heterocycles. The van der Waals surface area contributed by atoms with Crippen LogP contribution in [0.25, 0.3) is 0 Å². The van der Waals surface area contributed by atoms with Gasteiger partial charge in [-0.15, -0.1) is 0 Å². The normalized spacial score (nSPS) is 20.8. The molecule has 0 unspecified atom stereocenters. The third-order valence-corrected chi connectivity index (χ3v) is 9.11. The van der Waals surface area contributed by atoms with Crippen molar-refractivity contribution in [3.05, 3.63) is 24.3 Å². The van der Waals surface area contributed by atoms with Crippen LogP contribution in [0.15, 0.2) is 24.3 Å². The van der Waals surface area contributed by atoms with Gasteiger partial charge in [-0.3, -0.25) is 0 Å². The highest BCUT2D eigenvalue weighted by Gasteiger charge is 2.61. The molecule has 1 nitrogen and oxygen atoms in total. The lowest BCUT2D eigenvalue weighted by Crippen LogP contribution is -2.42. The first-order valence-corrected chi connectivity index (χ1v) is 11.3. The number of benzene rings is 1. The molecule has 3 rings (SSSR count). The van der Waals surface area contributed by atoms with Gasteiger partial charge in [-0.1, -0.05) is 58.6 Å². The van der Waals surface area contributed by atoms with E-state index in [4.69, 9.17) is 0 Å². The van der Waals surface area contributed by atoms with Crippen LogP contribution in [0, 0.1) is 0 Å². The van der Waals surface area contributed by atoms with Crippen molar-refractivity contribution in [2.24, 2.45) is 0 Å². The van der Waals surface area contributed by atoms with Crippen LogP contribution in [0.3, 0.4) is 0 Å². The molecule has 2 aliphatic rings. The van der Waals surface area contributed by atoms with E-state index >= 15 is 0 Å². The molecular formula is C20H26F5OP. The molecule has 2 aliphatic carbocycles. The number of rotatable bonds is 5. The minimum atomic E-state index is -5.72. The Bertz CT molecular complexity index is 589. The van der Waals surface area contributed by atoms with Crippen molar-refractivity contribution in [2.45, 2.75) is 87.8 Å². The first kappa shape index (κ1) is 20.8. The topological polar surface area (TPSA) is 9.23 Å². The Balaban J connectivity index is 1.85. The molecule has 1 aromatic rings. The monoisotopic (exact) mass is 408 g/mol. The lowest BCUT2D eigenvalue weighted by atomic mass is 9.99. The van der Waals surface area contributed by atoms with Crippen LogP contribution < -0.4 is 10.0 Å². The quantitative estimate of drug-likeness (QED) is 0.377. The number of ether oxygens (including phenoxy) is 1. The van der Waals surface area contributed by atoms with Crippen molar-refractivity contribution in [1.82, 2.24) is 0 Å². The predicted octanol–water partition coefficient (Wildman–Crippen LogP) is 6.99. The summed E-state index contributed by atoms with van der Waals surface area (Å²) < 4.78 is 68.2. The fourth-order valence-electron chi connectivity index (χ4n) is 4.35. The second kappa shape index (κ2) is 8.63. The van der Waals surface area contributed by atoms with Crippen LogP contribution in [-0.4, -0.2) is 23.6 Å². The van der Waals surface area contributed by atoms with Crippen molar-refractivity contribution < 1.29 is 26.7 Å². The average Bonchev–Trinajstić information content (AvgIpc) is 2.63. The van der Waals surface area contributed by atoms with Crippen LogP contribution in [0.2, 0.25) is 0 Å². The van der Waals surface area contributed by atoms with Crippen molar-refractivity contribution in [1.29, 1.82) is 0 Å². The average molecular weight is 408 g/mol. The SMILES string of the molecule is FC(F)(F)C(F)(F)Oc1cccc(P(C2CCCCC2)C2CCCCC2)c1. The van der Waals surface area contributed by atoms with E-state index in [1.165, 1.54) is 50.7 Å². The van der Waals surface area contributed by atoms with Crippen LogP contribution >= 0.6 is 7.92 Å². The standard InChI is InChI=1S/C20H26F5OP/c21-19(22,23)20(24,25)26-15-8-7-13-18(14-15)27(16-9-3-1-4-10-16)17-11-5-2-6-12-17/h7-8,13-14,16-17H,1-6,9-12H2. The van der Waals surface area contributed by atoms with Gasteiger partial charge in [0.15, 0.2) is 0 Å². The highest BCUT2D eigenvalue weighted by molar-refractivity contribution is 7.67. The summed E-state index contributed by atoms with van der Waals surface area (Å²) in [6.45, 7) is 0. The molecule has 152 valence electrons. The maximum absolute atomic E-state index is 13.3. The Morgan fingerprint density at radius 1 is 0.778 bits per heavy atom. The molecule has 7 heteroatoms. The molecule has 0 bridgehead atoms. The summed E-state index contributed by atoms with van der Waals surface area (Å²) in [5, 5.41) is 0.916. The summed E-state index contributed by atoms with van der Waals surface area (Å²) in [4.78, 5) is 0. The molecule has 0 heterocycles. The molecule has 0 radical (unpaired) electrons. The van der Waals surface area contributed by atoms with E-state index < -0.39 is 26.0 Å². The molecule has 0 amide bonds. The number of hydrogen-bond acceptors (Lipinski definition) is 1. The first-order chi connectivity index (χ1) is 12.8. The van der Waals surface area contributed by atoms with Gasteiger partial charge in [-0.2, -0.15) is 22.0 Å². The van der Waals surface area contributed by atoms with Crippen molar-refractivity contribution in [2.75, 3.05) is 0 Å². The molecule has 1 aromatic carbocycles. The van der Waals surface area contributed by atoms with Crippen molar-refractivity contribution >= 4 is 13.2 Å². The summed E-state index contributed by atoms with van der Waals surface area (Å²) in [5.41, 5.74) is 1.07. The van der Waals surface area contributed by atoms with E-state index in [0.717, 1.165) is 31.0 Å². The molecular weight excluding hydrogens is 382 g/mol. The Hall–Kier alpha value is -0.900. The molecule has 0 spiro atoms. The fraction of sp³-hybridized carbons (Fsp3) is 0.700. The Kier molecular flexibility index (Phi) is 6.66. The number of hydrogen-bond donors (Lipinski definition) is 0. The maximum atomic E-state index is 13.3. The predicted molar refractivity (Wildman–Crippen MR) is 98.4 cm³/mol. The highest BCUT2D eigenvalue weighted by Crippen LogP contribution is 2.55. The van der Waals surface area contributed by atoms with Gasteiger partial charge in [-0.25, -0.2) is 0 Å². The molecule has 2 saturated carbocycles. The van der Waals surface area contributed by atoms with E-state index in [0.29, 0.717) is 11.3 Å². The first-order valence-electron chi connectivity index (χ1n) is 9.80. The second-order valence-corrected chi connectivity index (χ2v) is 10.4. The largest absolute Gasteiger partial charge is 0.499 e. The molecule has 0 aliphatic heterocycles. The van der Waals surface area contributed by atoms with Gasteiger partial charge >= 0.3 is 12.3 Å². The highest BCUT2D eigenvalue weighted by atomic mass is 31.1. The zero-order valence-electron chi connectivity index (χ0n) is 15.3. The van der Waals surface area contributed by atoms with Crippen molar-refractivity contribution in [3.8, 4) is 5.75 Å². The zero-order valence-corrected chi connectivity index (χ0v) is 16.2. The molecule has 2 fully saturated rings. The molecule has 0 N–H and O–H groups in total. The van der Waals surface area contributed by atoms with Gasteiger partial charge in [-0.05, 0) is 54.4 Å². The Labute approximate surface area is 158 Å². The van der Waals surface area contributed by atoms with Gasteiger partial charge in [0.1, 0.15) is 5.75 Å². The second-order valence-electron chi connectivity index (χ2n) is 7.60. The maximum Gasteiger partial charge on any atom is 0.499 e. The lowest BCUT2D eigenvalue weighted by molar-refractivity contribution is -0.360. The van der Waals surface area contributed by atoms with E-state index in [-0.39, 0.29) is 0 Å². The summed E-state index contributed by atoms with van der Waals surface area (Å²) in [6.07, 6.45) is 0.797. The smallest absolute Gasteiger partial charge is 0.426 e. The van der Waals surface area contributed by atoms with Gasteiger partial charge < -0.3 is 4.74 Å². The van der Waals surface area contributed by atoms with Crippen LogP contribution in [0.4, 0.5) is 22.0 Å². The third kappa shape index (κ3) is 5.13. The van der Waals surface area contributed by atoms with E-state index in [2.05, 4.69) is 4.74 Å². The van der Waals surface area contributed by atoms with E-state index in [1.807, 2.05) is 6.07 Å². The van der Waals surface area contributed by atoms with Gasteiger partial charge in [0.25, 0.3) is 0 Å². The van der Waals surface area contributed by atoms with Crippen molar-refractivity contribution in [3.63, 3.8) is 0 Å². The number of halogens is 5. The zero-order chi connectivity index (χ0) is 19.5. The summed E-state index contributed by atoms with van der Waals surface area (Å²) in [7, 11) is -0.584. The molecule has 0 atom stereocenters. The van der Waals surface area contributed by atoms with Crippen LogP contribution in [0.1, 0.15) is 64.2 Å². The van der Waals surface area contributed by atoms with Gasteiger partial charge in [0, 0.05) is 0 Å². The molecule has 27 heavy (non-hydrogen) atoms. The lowest BCUT2D eigenvalue weighted by Gasteiger charge is -2.39. The number of alkyl halides is 5. The Morgan fingerprint density at radius 2 is 1.30 bits per heavy atom. The third-order valence-electron chi connectivity index (χ3n) is 5.63. The minimum absolute atomic E-state index is 0.394. The van der Waals surface area contributed by atoms with E-state index in [9.17, 15) is 22.0 Å². The summed E-state index contributed by atoms with van der Waals surface area (Å²) in [5.74, 6) is -0.394. The molecule has 0 aromatic heterocycles. The van der Waals surface area contributed by atoms with Crippen LogP contribution in [0.5, 0.6) is 5.75 Å². The summed E-state index contributed by atoms with van der Waals surface area (Å²) in [6, 6.07) is 6.08.